The van der Waals surface area contributed by atoms with Gasteiger partial charge in [-0.15, -0.1) is 11.8 Å². The summed E-state index contributed by atoms with van der Waals surface area (Å²) < 4.78 is 16.2. The highest BCUT2D eigenvalue weighted by Crippen LogP contribution is 2.41. The van der Waals surface area contributed by atoms with Crippen molar-refractivity contribution < 1.29 is 28.3 Å². The number of thioether (sulfide) groups is 1. The highest BCUT2D eigenvalue weighted by molar-refractivity contribution is 7.99. The highest BCUT2D eigenvalue weighted by atomic mass is 32.2. The molecule has 2 aliphatic heterocycles. The summed E-state index contributed by atoms with van der Waals surface area (Å²) in [7, 11) is 0. The van der Waals surface area contributed by atoms with Crippen LogP contribution >= 0.6 is 11.8 Å². The third-order valence-corrected chi connectivity index (χ3v) is 5.82. The summed E-state index contributed by atoms with van der Waals surface area (Å²) in [5.41, 5.74) is 0. The lowest BCUT2D eigenvalue weighted by molar-refractivity contribution is -0.161. The van der Waals surface area contributed by atoms with E-state index in [2.05, 4.69) is 0 Å². The number of hydrogen-bond acceptors (Lipinski definition) is 7. The molecule has 2 aliphatic rings. The summed E-state index contributed by atoms with van der Waals surface area (Å²) in [6.07, 6.45) is 1.42. The molecule has 8 nitrogen and oxygen atoms in total. The van der Waals surface area contributed by atoms with E-state index < -0.39 is 12.0 Å². The average Bonchev–Trinajstić information content (AvgIpc) is 3.27. The normalized spacial score (nSPS) is 28.3. The molecule has 1 aromatic rings. The maximum Gasteiger partial charge on any atom is 0.330 e. The van der Waals surface area contributed by atoms with Gasteiger partial charge in [-0.2, -0.15) is 0 Å². The van der Waals surface area contributed by atoms with Gasteiger partial charge in [-0.1, -0.05) is 0 Å². The van der Waals surface area contributed by atoms with E-state index in [1.807, 2.05) is 13.8 Å². The van der Waals surface area contributed by atoms with Crippen LogP contribution in [-0.4, -0.2) is 71.3 Å². The molecule has 0 unspecified atom stereocenters. The first-order valence-electron chi connectivity index (χ1n) is 8.90. The third-order valence-electron chi connectivity index (χ3n) is 4.53. The molecule has 0 radical (unpaired) electrons. The number of carbonyl (C=O) groups excluding carboxylic acids is 3. The SMILES string of the molecule is CC(=O)N1[C@@H](c2ccco2)SC[C@H]1C(=O)OCC(=O)N1C[C@@H](C)O[C@H](C)C1. The van der Waals surface area contributed by atoms with E-state index >= 15 is 0 Å². The second-order valence-corrected chi connectivity index (χ2v) is 7.92. The van der Waals surface area contributed by atoms with E-state index in [0.29, 0.717) is 24.6 Å². The lowest BCUT2D eigenvalue weighted by atomic mass is 10.2. The van der Waals surface area contributed by atoms with Crippen molar-refractivity contribution >= 4 is 29.5 Å². The van der Waals surface area contributed by atoms with Crippen LogP contribution in [0.3, 0.4) is 0 Å². The Hall–Kier alpha value is -2.00. The number of hydrogen-bond donors (Lipinski definition) is 0. The molecule has 9 heteroatoms. The predicted molar refractivity (Wildman–Crippen MR) is 97.8 cm³/mol. The first-order valence-corrected chi connectivity index (χ1v) is 9.95. The van der Waals surface area contributed by atoms with Crippen LogP contribution in [0.15, 0.2) is 22.8 Å². The quantitative estimate of drug-likeness (QED) is 0.711. The summed E-state index contributed by atoms with van der Waals surface area (Å²) in [4.78, 5) is 40.1. The number of furan rings is 1. The maximum absolute atomic E-state index is 12.5. The zero-order valence-corrected chi connectivity index (χ0v) is 16.4. The van der Waals surface area contributed by atoms with E-state index in [9.17, 15) is 14.4 Å². The summed E-state index contributed by atoms with van der Waals surface area (Å²) >= 11 is 1.43. The number of ether oxygens (including phenoxy) is 2. The van der Waals surface area contributed by atoms with Gasteiger partial charge in [0.2, 0.25) is 5.91 Å². The molecular formula is C18H24N2O6S. The van der Waals surface area contributed by atoms with Crippen molar-refractivity contribution in [3.63, 3.8) is 0 Å². The zero-order valence-electron chi connectivity index (χ0n) is 15.6. The van der Waals surface area contributed by atoms with Gasteiger partial charge in [0.05, 0.1) is 18.5 Å². The topological polar surface area (TPSA) is 89.3 Å². The van der Waals surface area contributed by atoms with Crippen LogP contribution in [0.5, 0.6) is 0 Å². The molecular weight excluding hydrogens is 372 g/mol. The van der Waals surface area contributed by atoms with E-state index in [-0.39, 0.29) is 36.0 Å². The van der Waals surface area contributed by atoms with Crippen LogP contribution < -0.4 is 0 Å². The van der Waals surface area contributed by atoms with Crippen molar-refractivity contribution in [2.75, 3.05) is 25.4 Å². The fraction of sp³-hybridized carbons (Fsp3) is 0.611. The van der Waals surface area contributed by atoms with Gasteiger partial charge in [0.25, 0.3) is 5.91 Å². The molecule has 0 aliphatic carbocycles. The van der Waals surface area contributed by atoms with Gasteiger partial charge >= 0.3 is 5.97 Å². The van der Waals surface area contributed by atoms with E-state index in [0.717, 1.165) is 0 Å². The van der Waals surface area contributed by atoms with E-state index in [4.69, 9.17) is 13.9 Å². The van der Waals surface area contributed by atoms with Gasteiger partial charge in [-0.05, 0) is 26.0 Å². The lowest BCUT2D eigenvalue weighted by Gasteiger charge is -2.35. The maximum atomic E-state index is 12.5. The number of amides is 2. The van der Waals surface area contributed by atoms with Crippen molar-refractivity contribution in [2.24, 2.45) is 0 Å². The Morgan fingerprint density at radius 2 is 1.96 bits per heavy atom. The molecule has 0 bridgehead atoms. The summed E-state index contributed by atoms with van der Waals surface area (Å²) in [6, 6.07) is 2.77. The second-order valence-electron chi connectivity index (χ2n) is 6.81. The van der Waals surface area contributed by atoms with Crippen molar-refractivity contribution in [2.45, 2.75) is 44.4 Å². The van der Waals surface area contributed by atoms with Crippen LogP contribution in [0.1, 0.15) is 31.9 Å². The Labute approximate surface area is 162 Å². The molecule has 0 aromatic carbocycles. The molecule has 2 saturated heterocycles. The van der Waals surface area contributed by atoms with E-state index in [1.54, 1.807) is 17.0 Å². The van der Waals surface area contributed by atoms with Gasteiger partial charge in [-0.25, -0.2) is 4.79 Å². The van der Waals surface area contributed by atoms with Crippen LogP contribution in [0.2, 0.25) is 0 Å². The minimum Gasteiger partial charge on any atom is -0.466 e. The molecule has 3 rings (SSSR count). The molecule has 2 amide bonds. The molecule has 0 saturated carbocycles. The minimum atomic E-state index is -0.738. The second kappa shape index (κ2) is 8.35. The average molecular weight is 396 g/mol. The monoisotopic (exact) mass is 396 g/mol. The summed E-state index contributed by atoms with van der Waals surface area (Å²) in [5.74, 6) is -0.0744. The molecule has 148 valence electrons. The smallest absolute Gasteiger partial charge is 0.330 e. The van der Waals surface area contributed by atoms with Crippen molar-refractivity contribution in [3.8, 4) is 0 Å². The highest BCUT2D eigenvalue weighted by Gasteiger charge is 2.43. The van der Waals surface area contributed by atoms with Gasteiger partial charge in [0.1, 0.15) is 17.2 Å². The molecule has 0 N–H and O–H groups in total. The first kappa shape index (κ1) is 19.8. The number of carbonyl (C=O) groups is 3. The lowest BCUT2D eigenvalue weighted by Crippen LogP contribution is -2.50. The van der Waals surface area contributed by atoms with Crippen molar-refractivity contribution in [3.05, 3.63) is 24.2 Å². The van der Waals surface area contributed by atoms with Gasteiger partial charge in [0.15, 0.2) is 6.61 Å². The van der Waals surface area contributed by atoms with Crippen molar-refractivity contribution in [1.82, 2.24) is 9.80 Å². The van der Waals surface area contributed by atoms with Gasteiger partial charge < -0.3 is 23.7 Å². The van der Waals surface area contributed by atoms with Gasteiger partial charge in [-0.3, -0.25) is 9.59 Å². The Bertz CT molecular complexity index is 684. The Morgan fingerprint density at radius 3 is 2.56 bits per heavy atom. The molecule has 4 atom stereocenters. The Balaban J connectivity index is 1.58. The number of morpholine rings is 1. The van der Waals surface area contributed by atoms with Crippen LogP contribution in [0.4, 0.5) is 0 Å². The molecule has 1 aromatic heterocycles. The number of rotatable bonds is 4. The minimum absolute atomic E-state index is 0.0538. The molecule has 0 spiro atoms. The van der Waals surface area contributed by atoms with Crippen molar-refractivity contribution in [1.29, 1.82) is 0 Å². The number of nitrogens with zero attached hydrogens (tertiary/aromatic N) is 2. The largest absolute Gasteiger partial charge is 0.466 e. The number of esters is 1. The molecule has 2 fully saturated rings. The molecule has 27 heavy (non-hydrogen) atoms. The summed E-state index contributed by atoms with van der Waals surface area (Å²) in [6.45, 7) is 5.81. The fourth-order valence-corrected chi connectivity index (χ4v) is 4.84. The standard InChI is InChI=1S/C18H24N2O6S/c1-11-7-19(8-12(2)26-11)16(22)9-25-18(23)14-10-27-17(20(14)13(3)21)15-5-4-6-24-15/h4-6,11-12,14,17H,7-10H2,1-3H3/t11-,12-,14+,17-/m1/s1. The Morgan fingerprint density at radius 1 is 1.26 bits per heavy atom. The fourth-order valence-electron chi connectivity index (χ4n) is 3.43. The van der Waals surface area contributed by atoms with Gasteiger partial charge in [0, 0.05) is 25.8 Å². The zero-order chi connectivity index (χ0) is 19.6. The molecule has 3 heterocycles. The third kappa shape index (κ3) is 4.47. The summed E-state index contributed by atoms with van der Waals surface area (Å²) in [5, 5.41) is -0.369. The van der Waals surface area contributed by atoms with E-state index in [1.165, 1.54) is 29.8 Å². The van der Waals surface area contributed by atoms with Crippen LogP contribution in [-0.2, 0) is 23.9 Å². The van der Waals surface area contributed by atoms with Crippen LogP contribution in [0, 0.1) is 0 Å². The van der Waals surface area contributed by atoms with Crippen LogP contribution in [0.25, 0.3) is 0 Å². The predicted octanol–water partition coefficient (Wildman–Crippen LogP) is 1.42. The first-order chi connectivity index (χ1) is 12.9. The Kier molecular flexibility index (Phi) is 6.11.